The van der Waals surface area contributed by atoms with Crippen LogP contribution >= 0.6 is 0 Å². The third-order valence-corrected chi connectivity index (χ3v) is 2.70. The molecule has 1 aromatic carbocycles. The minimum atomic E-state index is -0.423. The van der Waals surface area contributed by atoms with Crippen LogP contribution in [0.5, 0.6) is 5.75 Å². The molecular weight excluding hydrogens is 206 g/mol. The van der Waals surface area contributed by atoms with Crippen molar-refractivity contribution < 1.29 is 9.15 Å². The van der Waals surface area contributed by atoms with Crippen molar-refractivity contribution in [1.29, 1.82) is 0 Å². The second kappa shape index (κ2) is 3.70. The molecule has 4 nitrogen and oxygen atoms in total. The topological polar surface area (TPSA) is 55.2 Å². The summed E-state index contributed by atoms with van der Waals surface area (Å²) in [5.74, 6) is 0.577. The Labute approximate surface area is 93.2 Å². The number of aromatic amines is 1. The van der Waals surface area contributed by atoms with Crippen molar-refractivity contribution in [3.8, 4) is 5.75 Å². The van der Waals surface area contributed by atoms with Crippen molar-refractivity contribution in [3.63, 3.8) is 0 Å². The Morgan fingerprint density at radius 2 is 2.12 bits per heavy atom. The van der Waals surface area contributed by atoms with Crippen molar-refractivity contribution >= 4 is 11.1 Å². The average molecular weight is 221 g/mol. The van der Waals surface area contributed by atoms with Crippen molar-refractivity contribution in [1.82, 2.24) is 4.98 Å². The SMILES string of the molecule is COc1cc(C)c2[nH]c(=O)oc2c1C(C)C. The number of H-pyrrole nitrogens is 1. The van der Waals surface area contributed by atoms with Gasteiger partial charge in [-0.05, 0) is 24.5 Å². The smallest absolute Gasteiger partial charge is 0.417 e. The number of benzene rings is 1. The number of hydrogen-bond donors (Lipinski definition) is 1. The van der Waals surface area contributed by atoms with Gasteiger partial charge in [0, 0.05) is 5.56 Å². The van der Waals surface area contributed by atoms with Gasteiger partial charge in [0.1, 0.15) is 5.75 Å². The molecule has 0 unspecified atom stereocenters. The lowest BCUT2D eigenvalue weighted by atomic mass is 9.99. The third-order valence-electron chi connectivity index (χ3n) is 2.70. The van der Waals surface area contributed by atoms with Crippen molar-refractivity contribution in [2.24, 2.45) is 0 Å². The summed E-state index contributed by atoms with van der Waals surface area (Å²) in [5, 5.41) is 0. The number of ether oxygens (including phenoxy) is 1. The fourth-order valence-corrected chi connectivity index (χ4v) is 1.97. The van der Waals surface area contributed by atoms with E-state index in [2.05, 4.69) is 4.98 Å². The van der Waals surface area contributed by atoms with Crippen molar-refractivity contribution in [3.05, 3.63) is 27.7 Å². The standard InChI is InChI=1S/C12H15NO3/c1-6(2)9-8(15-4)5-7(3)10-11(9)16-12(14)13-10/h5-6H,1-4H3,(H,13,14). The van der Waals surface area contributed by atoms with E-state index < -0.39 is 5.76 Å². The largest absolute Gasteiger partial charge is 0.496 e. The number of oxazole rings is 1. The summed E-state index contributed by atoms with van der Waals surface area (Å²) in [6, 6.07) is 1.92. The Morgan fingerprint density at radius 1 is 1.44 bits per heavy atom. The van der Waals surface area contributed by atoms with Gasteiger partial charge < -0.3 is 9.15 Å². The summed E-state index contributed by atoms with van der Waals surface area (Å²) < 4.78 is 10.5. The Kier molecular flexibility index (Phi) is 2.50. The van der Waals surface area contributed by atoms with Crippen LogP contribution in [-0.4, -0.2) is 12.1 Å². The molecule has 0 aliphatic rings. The number of fused-ring (bicyclic) bond motifs is 1. The van der Waals surface area contributed by atoms with Crippen LogP contribution in [0.4, 0.5) is 0 Å². The molecule has 2 aromatic rings. The molecule has 4 heteroatoms. The highest BCUT2D eigenvalue weighted by molar-refractivity contribution is 5.82. The van der Waals surface area contributed by atoms with E-state index in [-0.39, 0.29) is 5.92 Å². The van der Waals surface area contributed by atoms with Gasteiger partial charge in [-0.15, -0.1) is 0 Å². The summed E-state index contributed by atoms with van der Waals surface area (Å²) in [4.78, 5) is 13.9. The molecule has 0 atom stereocenters. The zero-order chi connectivity index (χ0) is 11.9. The Balaban J connectivity index is 2.91. The Morgan fingerprint density at radius 3 is 2.69 bits per heavy atom. The molecule has 0 aliphatic heterocycles. The Bertz CT molecular complexity index is 578. The first-order valence-corrected chi connectivity index (χ1v) is 5.25. The zero-order valence-electron chi connectivity index (χ0n) is 9.88. The van der Waals surface area contributed by atoms with E-state index in [9.17, 15) is 4.79 Å². The normalized spacial score (nSPS) is 11.3. The number of aryl methyl sites for hydroxylation is 1. The number of rotatable bonds is 2. The maximum absolute atomic E-state index is 11.3. The lowest BCUT2D eigenvalue weighted by Gasteiger charge is -2.12. The number of aromatic nitrogens is 1. The minimum Gasteiger partial charge on any atom is -0.496 e. The van der Waals surface area contributed by atoms with E-state index in [0.717, 1.165) is 22.4 Å². The molecule has 0 saturated carbocycles. The van der Waals surface area contributed by atoms with Gasteiger partial charge >= 0.3 is 5.76 Å². The predicted octanol–water partition coefficient (Wildman–Crippen LogP) is 2.56. The maximum atomic E-state index is 11.3. The minimum absolute atomic E-state index is 0.233. The van der Waals surface area contributed by atoms with Crippen LogP contribution in [0.25, 0.3) is 11.1 Å². The molecule has 0 spiro atoms. The molecule has 16 heavy (non-hydrogen) atoms. The van der Waals surface area contributed by atoms with Crippen LogP contribution in [0.3, 0.4) is 0 Å². The predicted molar refractivity (Wildman–Crippen MR) is 62.2 cm³/mol. The molecule has 1 aromatic heterocycles. The molecule has 0 radical (unpaired) electrons. The number of hydrogen-bond acceptors (Lipinski definition) is 3. The van der Waals surface area contributed by atoms with E-state index in [1.54, 1.807) is 7.11 Å². The van der Waals surface area contributed by atoms with E-state index >= 15 is 0 Å². The van der Waals surface area contributed by atoms with Crippen LogP contribution in [-0.2, 0) is 0 Å². The quantitative estimate of drug-likeness (QED) is 0.847. The van der Waals surface area contributed by atoms with Gasteiger partial charge in [0.2, 0.25) is 0 Å². The van der Waals surface area contributed by atoms with Crippen molar-refractivity contribution in [2.75, 3.05) is 7.11 Å². The molecule has 2 rings (SSSR count). The molecule has 0 fully saturated rings. The summed E-state index contributed by atoms with van der Waals surface area (Å²) in [5.41, 5.74) is 3.25. The van der Waals surface area contributed by atoms with Gasteiger partial charge in [-0.1, -0.05) is 13.8 Å². The molecule has 0 bridgehead atoms. The van der Waals surface area contributed by atoms with E-state index in [4.69, 9.17) is 9.15 Å². The summed E-state index contributed by atoms with van der Waals surface area (Å²) in [6.45, 7) is 6.00. The first kappa shape index (κ1) is 10.8. The van der Waals surface area contributed by atoms with Gasteiger partial charge in [0.05, 0.1) is 12.6 Å². The molecule has 0 aliphatic carbocycles. The fraction of sp³-hybridized carbons (Fsp3) is 0.417. The first-order valence-electron chi connectivity index (χ1n) is 5.25. The van der Waals surface area contributed by atoms with Gasteiger partial charge in [-0.3, -0.25) is 4.98 Å². The molecule has 0 amide bonds. The first-order chi connectivity index (χ1) is 7.54. The molecule has 86 valence electrons. The van der Waals surface area contributed by atoms with Crippen LogP contribution in [0, 0.1) is 6.92 Å². The van der Waals surface area contributed by atoms with Crippen LogP contribution < -0.4 is 10.5 Å². The third kappa shape index (κ3) is 1.50. The van der Waals surface area contributed by atoms with Gasteiger partial charge in [-0.25, -0.2) is 4.79 Å². The van der Waals surface area contributed by atoms with E-state index in [0.29, 0.717) is 5.58 Å². The summed E-state index contributed by atoms with van der Waals surface area (Å²) in [6.07, 6.45) is 0. The molecule has 1 heterocycles. The van der Waals surface area contributed by atoms with Gasteiger partial charge in [-0.2, -0.15) is 0 Å². The molecular formula is C12H15NO3. The number of nitrogens with one attached hydrogen (secondary N) is 1. The van der Waals surface area contributed by atoms with Gasteiger partial charge in [0.15, 0.2) is 5.58 Å². The summed E-state index contributed by atoms with van der Waals surface area (Å²) >= 11 is 0. The van der Waals surface area contributed by atoms with Crippen LogP contribution in [0.15, 0.2) is 15.3 Å². The monoisotopic (exact) mass is 221 g/mol. The Hall–Kier alpha value is -1.71. The lowest BCUT2D eigenvalue weighted by molar-refractivity contribution is 0.406. The van der Waals surface area contributed by atoms with Crippen LogP contribution in [0.1, 0.15) is 30.9 Å². The van der Waals surface area contributed by atoms with Crippen LogP contribution in [0.2, 0.25) is 0 Å². The highest BCUT2D eigenvalue weighted by atomic mass is 16.5. The average Bonchev–Trinajstić information content (AvgIpc) is 2.58. The zero-order valence-corrected chi connectivity index (χ0v) is 9.88. The van der Waals surface area contributed by atoms with Gasteiger partial charge in [0.25, 0.3) is 0 Å². The molecule has 0 saturated heterocycles. The molecule has 1 N–H and O–H groups in total. The maximum Gasteiger partial charge on any atom is 0.417 e. The second-order valence-corrected chi connectivity index (χ2v) is 4.18. The fourth-order valence-electron chi connectivity index (χ4n) is 1.97. The number of methoxy groups -OCH3 is 1. The second-order valence-electron chi connectivity index (χ2n) is 4.18. The highest BCUT2D eigenvalue weighted by Gasteiger charge is 2.17. The van der Waals surface area contributed by atoms with E-state index in [1.807, 2.05) is 26.8 Å². The van der Waals surface area contributed by atoms with Crippen molar-refractivity contribution in [2.45, 2.75) is 26.7 Å². The van der Waals surface area contributed by atoms with E-state index in [1.165, 1.54) is 0 Å². The summed E-state index contributed by atoms with van der Waals surface area (Å²) in [7, 11) is 1.62. The lowest BCUT2D eigenvalue weighted by Crippen LogP contribution is -1.96. The highest BCUT2D eigenvalue weighted by Crippen LogP contribution is 2.34.